The summed E-state index contributed by atoms with van der Waals surface area (Å²) < 4.78 is 10.6. The highest BCUT2D eigenvalue weighted by Gasteiger charge is 2.30. The van der Waals surface area contributed by atoms with Crippen LogP contribution in [0.25, 0.3) is 0 Å². The van der Waals surface area contributed by atoms with Gasteiger partial charge >= 0.3 is 0 Å². The van der Waals surface area contributed by atoms with Gasteiger partial charge in [0.2, 0.25) is 11.8 Å². The first kappa shape index (κ1) is 19.9. The lowest BCUT2D eigenvalue weighted by molar-refractivity contribution is -0.139. The number of benzene rings is 1. The maximum Gasteiger partial charge on any atom is 0.225 e. The Morgan fingerprint density at radius 1 is 1.39 bits per heavy atom. The number of methoxy groups -OCH3 is 1. The number of piperidine rings is 1. The molecule has 7 heteroatoms. The van der Waals surface area contributed by atoms with Gasteiger partial charge in [-0.05, 0) is 18.4 Å². The number of carbonyl (C=O) groups excluding carboxylic acids is 2. The molecule has 2 heterocycles. The maximum absolute atomic E-state index is 12.6. The van der Waals surface area contributed by atoms with Gasteiger partial charge in [-0.15, -0.1) is 0 Å². The van der Waals surface area contributed by atoms with E-state index in [9.17, 15) is 9.59 Å². The van der Waals surface area contributed by atoms with Crippen LogP contribution in [0, 0.1) is 5.92 Å². The lowest BCUT2D eigenvalue weighted by atomic mass is 9.96. The molecule has 1 atom stereocenters. The molecule has 0 bridgehead atoms. The zero-order valence-corrected chi connectivity index (χ0v) is 16.6. The number of likely N-dealkylation sites (tertiary alicyclic amines) is 1. The molecular weight excluding hydrogens is 358 g/mol. The maximum atomic E-state index is 12.6. The predicted molar refractivity (Wildman–Crippen MR) is 104 cm³/mol. The van der Waals surface area contributed by atoms with Gasteiger partial charge in [0.05, 0.1) is 25.3 Å². The Morgan fingerprint density at radius 3 is 2.89 bits per heavy atom. The highest BCUT2D eigenvalue weighted by molar-refractivity contribution is 5.83. The summed E-state index contributed by atoms with van der Waals surface area (Å²) in [6.45, 7) is 5.21. The van der Waals surface area contributed by atoms with E-state index in [1.54, 1.807) is 12.0 Å². The molecule has 1 aliphatic heterocycles. The van der Waals surface area contributed by atoms with Crippen LogP contribution in [-0.2, 0) is 22.7 Å². The third-order valence-corrected chi connectivity index (χ3v) is 5.03. The van der Waals surface area contributed by atoms with Crippen molar-refractivity contribution in [2.24, 2.45) is 5.92 Å². The minimum Gasteiger partial charge on any atom is -0.496 e. The van der Waals surface area contributed by atoms with Gasteiger partial charge in [-0.2, -0.15) is 0 Å². The zero-order valence-electron chi connectivity index (χ0n) is 16.6. The molecule has 1 aromatic carbocycles. The molecule has 28 heavy (non-hydrogen) atoms. The lowest BCUT2D eigenvalue weighted by Gasteiger charge is -2.32. The number of ether oxygens (including phenoxy) is 1. The van der Waals surface area contributed by atoms with Gasteiger partial charge in [0.1, 0.15) is 5.75 Å². The number of nitrogens with zero attached hydrogens (tertiary/aromatic N) is 2. The average Bonchev–Trinajstić information content (AvgIpc) is 3.17. The number of hydrogen-bond donors (Lipinski definition) is 1. The number of aromatic nitrogens is 1. The fraction of sp³-hybridized carbons (Fsp3) is 0.476. The molecular formula is C21H27N3O4. The molecule has 0 radical (unpaired) electrons. The molecule has 3 rings (SSSR count). The summed E-state index contributed by atoms with van der Waals surface area (Å²) in [5.74, 6) is 1.41. The van der Waals surface area contributed by atoms with Crippen molar-refractivity contribution in [3.63, 3.8) is 0 Å². The molecule has 150 valence electrons. The van der Waals surface area contributed by atoms with Gasteiger partial charge in [-0.3, -0.25) is 9.59 Å². The molecule has 0 spiro atoms. The molecule has 0 unspecified atom stereocenters. The molecule has 2 amide bonds. The summed E-state index contributed by atoms with van der Waals surface area (Å²) in [4.78, 5) is 26.7. The third kappa shape index (κ3) is 4.71. The van der Waals surface area contributed by atoms with Crippen LogP contribution >= 0.6 is 0 Å². The first-order chi connectivity index (χ1) is 13.5. The largest absolute Gasteiger partial charge is 0.496 e. The third-order valence-electron chi connectivity index (χ3n) is 5.03. The van der Waals surface area contributed by atoms with Crippen LogP contribution in [0.4, 0.5) is 0 Å². The smallest absolute Gasteiger partial charge is 0.225 e. The second-order valence-electron chi connectivity index (χ2n) is 7.41. The number of para-hydroxylation sites is 1. The van der Waals surface area contributed by atoms with Crippen LogP contribution in [0.15, 0.2) is 34.9 Å². The van der Waals surface area contributed by atoms with E-state index in [1.165, 1.54) is 0 Å². The fourth-order valence-electron chi connectivity index (χ4n) is 3.32. The molecule has 2 aromatic rings. The highest BCUT2D eigenvalue weighted by Crippen LogP contribution is 2.24. The van der Waals surface area contributed by atoms with E-state index in [0.717, 1.165) is 17.0 Å². The van der Waals surface area contributed by atoms with Crippen molar-refractivity contribution >= 4 is 11.8 Å². The number of nitrogens with one attached hydrogen (secondary N) is 1. The van der Waals surface area contributed by atoms with Gasteiger partial charge in [0, 0.05) is 31.1 Å². The van der Waals surface area contributed by atoms with Gasteiger partial charge in [0.25, 0.3) is 0 Å². The van der Waals surface area contributed by atoms with Gasteiger partial charge in [0.15, 0.2) is 5.76 Å². The Bertz CT molecular complexity index is 831. The molecule has 0 saturated carbocycles. The van der Waals surface area contributed by atoms with Gasteiger partial charge in [-0.25, -0.2) is 0 Å². The summed E-state index contributed by atoms with van der Waals surface area (Å²) in [7, 11) is 1.61. The summed E-state index contributed by atoms with van der Waals surface area (Å²) in [5.41, 5.74) is 1.80. The lowest BCUT2D eigenvalue weighted by Crippen LogP contribution is -2.45. The Labute approximate surface area is 165 Å². The van der Waals surface area contributed by atoms with Crippen molar-refractivity contribution < 1.29 is 18.8 Å². The second-order valence-corrected chi connectivity index (χ2v) is 7.41. The van der Waals surface area contributed by atoms with E-state index >= 15 is 0 Å². The monoisotopic (exact) mass is 385 g/mol. The summed E-state index contributed by atoms with van der Waals surface area (Å²) in [6, 6.07) is 9.48. The van der Waals surface area contributed by atoms with Crippen molar-refractivity contribution in [1.82, 2.24) is 15.4 Å². The fourth-order valence-corrected chi connectivity index (χ4v) is 3.32. The Morgan fingerprint density at radius 2 is 2.18 bits per heavy atom. The number of rotatable bonds is 7. The SMILES string of the molecule is COc1ccccc1CN1C[C@H](C(=O)NCc2cc(C(C)C)no2)CCC1=O. The van der Waals surface area contributed by atoms with Crippen LogP contribution in [-0.4, -0.2) is 35.5 Å². The number of amides is 2. The molecule has 1 saturated heterocycles. The minimum atomic E-state index is -0.236. The van der Waals surface area contributed by atoms with Crippen molar-refractivity contribution in [3.05, 3.63) is 47.3 Å². The quantitative estimate of drug-likeness (QED) is 0.792. The van der Waals surface area contributed by atoms with Gasteiger partial charge in [-0.1, -0.05) is 37.2 Å². The Kier molecular flexibility index (Phi) is 6.34. The molecule has 1 N–H and O–H groups in total. The van der Waals surface area contributed by atoms with Crippen LogP contribution in [0.5, 0.6) is 5.75 Å². The number of hydrogen-bond acceptors (Lipinski definition) is 5. The van der Waals surface area contributed by atoms with Crippen LogP contribution < -0.4 is 10.1 Å². The van der Waals surface area contributed by atoms with Crippen molar-refractivity contribution in [1.29, 1.82) is 0 Å². The minimum absolute atomic E-state index is 0.0618. The van der Waals surface area contributed by atoms with E-state index in [4.69, 9.17) is 9.26 Å². The Hall–Kier alpha value is -2.83. The topological polar surface area (TPSA) is 84.7 Å². The van der Waals surface area contributed by atoms with E-state index < -0.39 is 0 Å². The van der Waals surface area contributed by atoms with Crippen LogP contribution in [0.3, 0.4) is 0 Å². The molecule has 1 aromatic heterocycles. The van der Waals surface area contributed by atoms with Crippen molar-refractivity contribution in [3.8, 4) is 5.75 Å². The summed E-state index contributed by atoms with van der Waals surface area (Å²) in [6.07, 6.45) is 0.924. The van der Waals surface area contributed by atoms with Crippen molar-refractivity contribution in [2.75, 3.05) is 13.7 Å². The molecule has 7 nitrogen and oxygen atoms in total. The van der Waals surface area contributed by atoms with E-state index in [0.29, 0.717) is 38.2 Å². The molecule has 1 fully saturated rings. The first-order valence-corrected chi connectivity index (χ1v) is 9.60. The van der Waals surface area contributed by atoms with Gasteiger partial charge < -0.3 is 19.5 Å². The highest BCUT2D eigenvalue weighted by atomic mass is 16.5. The zero-order chi connectivity index (χ0) is 20.1. The average molecular weight is 385 g/mol. The standard InChI is InChI=1S/C21H27N3O4/c1-14(2)18-10-17(28-23-18)11-22-21(26)16-8-9-20(25)24(13-16)12-15-6-4-5-7-19(15)27-3/h4-7,10,14,16H,8-9,11-13H2,1-3H3,(H,22,26)/t16-/m1/s1. The van der Waals surface area contributed by atoms with Crippen LogP contribution in [0.1, 0.15) is 49.6 Å². The normalized spacial score (nSPS) is 17.1. The van der Waals surface area contributed by atoms with E-state index in [2.05, 4.69) is 10.5 Å². The Balaban J connectivity index is 1.58. The summed E-state index contributed by atoms with van der Waals surface area (Å²) in [5, 5.41) is 6.91. The molecule has 0 aliphatic carbocycles. The van der Waals surface area contributed by atoms with Crippen molar-refractivity contribution in [2.45, 2.75) is 45.7 Å². The summed E-state index contributed by atoms with van der Waals surface area (Å²) >= 11 is 0. The molecule has 1 aliphatic rings. The van der Waals surface area contributed by atoms with E-state index in [-0.39, 0.29) is 23.7 Å². The van der Waals surface area contributed by atoms with Crippen LogP contribution in [0.2, 0.25) is 0 Å². The first-order valence-electron chi connectivity index (χ1n) is 9.60. The number of carbonyl (C=O) groups is 2. The second kappa shape index (κ2) is 8.91. The van der Waals surface area contributed by atoms with E-state index in [1.807, 2.05) is 44.2 Å². The predicted octanol–water partition coefficient (Wildman–Crippen LogP) is 2.86.